The van der Waals surface area contributed by atoms with Gasteiger partial charge < -0.3 is 15.4 Å². The number of aryl methyl sites for hydroxylation is 1. The van der Waals surface area contributed by atoms with Crippen LogP contribution in [0.25, 0.3) is 0 Å². The van der Waals surface area contributed by atoms with Crippen LogP contribution < -0.4 is 10.6 Å². The third kappa shape index (κ3) is 2.26. The largest absolute Gasteiger partial charge is 0.378 e. The first-order valence-corrected chi connectivity index (χ1v) is 6.54. The summed E-state index contributed by atoms with van der Waals surface area (Å²) in [6.45, 7) is 1.91. The minimum absolute atomic E-state index is 0.0522. The van der Waals surface area contributed by atoms with Gasteiger partial charge >= 0.3 is 0 Å². The van der Waals surface area contributed by atoms with Gasteiger partial charge in [0, 0.05) is 6.54 Å². The summed E-state index contributed by atoms with van der Waals surface area (Å²) in [6.07, 6.45) is 2.05. The molecule has 1 amide bonds. The lowest BCUT2D eigenvalue weighted by atomic mass is 10.1. The van der Waals surface area contributed by atoms with Crippen molar-refractivity contribution in [2.75, 3.05) is 19.8 Å². The monoisotopic (exact) mass is 246 g/mol. The average Bonchev–Trinajstić information content (AvgIpc) is 2.83. The van der Waals surface area contributed by atoms with Gasteiger partial charge in [-0.05, 0) is 24.0 Å². The molecule has 1 heterocycles. The van der Waals surface area contributed by atoms with E-state index in [1.165, 1.54) is 11.1 Å². The van der Waals surface area contributed by atoms with Gasteiger partial charge in [-0.25, -0.2) is 0 Å². The van der Waals surface area contributed by atoms with E-state index in [0.29, 0.717) is 13.2 Å². The molecule has 1 aliphatic heterocycles. The number of fused-ring (bicyclic) bond motifs is 1. The molecule has 1 aromatic rings. The topological polar surface area (TPSA) is 50.4 Å². The predicted octanol–water partition coefficient (Wildman–Crippen LogP) is 0.778. The molecule has 2 N–H and O–H groups in total. The molecule has 0 spiro atoms. The first-order chi connectivity index (χ1) is 8.84. The lowest BCUT2D eigenvalue weighted by molar-refractivity contribution is -0.126. The molecule has 2 unspecified atom stereocenters. The maximum absolute atomic E-state index is 12.1. The van der Waals surface area contributed by atoms with Crippen LogP contribution in [0.2, 0.25) is 0 Å². The number of nitrogens with one attached hydrogen (secondary N) is 2. The summed E-state index contributed by atoms with van der Waals surface area (Å²) in [7, 11) is 0. The number of morpholine rings is 1. The van der Waals surface area contributed by atoms with Crippen molar-refractivity contribution in [1.82, 2.24) is 10.6 Å². The summed E-state index contributed by atoms with van der Waals surface area (Å²) in [5.74, 6) is 0.0522. The molecule has 0 bridgehead atoms. The highest BCUT2D eigenvalue weighted by Crippen LogP contribution is 2.30. The minimum atomic E-state index is -0.202. The molecule has 0 aromatic heterocycles. The van der Waals surface area contributed by atoms with E-state index in [1.54, 1.807) is 0 Å². The van der Waals surface area contributed by atoms with Crippen molar-refractivity contribution in [1.29, 1.82) is 0 Å². The third-order valence-electron chi connectivity index (χ3n) is 3.69. The van der Waals surface area contributed by atoms with Gasteiger partial charge in [-0.3, -0.25) is 4.79 Å². The van der Waals surface area contributed by atoms with Gasteiger partial charge in [-0.15, -0.1) is 0 Å². The lowest BCUT2D eigenvalue weighted by Gasteiger charge is -2.25. The molecule has 3 rings (SSSR count). The molecule has 4 heteroatoms. The van der Waals surface area contributed by atoms with Crippen LogP contribution in [0.3, 0.4) is 0 Å². The molecule has 2 aliphatic rings. The Balaban J connectivity index is 1.65. The highest BCUT2D eigenvalue weighted by Gasteiger charge is 2.27. The van der Waals surface area contributed by atoms with Crippen molar-refractivity contribution in [3.05, 3.63) is 35.4 Å². The minimum Gasteiger partial charge on any atom is -0.378 e. The Morgan fingerprint density at radius 3 is 3.11 bits per heavy atom. The Morgan fingerprint density at radius 2 is 2.28 bits per heavy atom. The summed E-state index contributed by atoms with van der Waals surface area (Å²) < 4.78 is 5.31. The van der Waals surface area contributed by atoms with E-state index in [2.05, 4.69) is 28.8 Å². The molecule has 1 aliphatic carbocycles. The molecule has 1 saturated heterocycles. The maximum Gasteiger partial charge on any atom is 0.240 e. The van der Waals surface area contributed by atoms with Gasteiger partial charge in [0.05, 0.1) is 19.3 Å². The van der Waals surface area contributed by atoms with E-state index >= 15 is 0 Å². The number of benzene rings is 1. The predicted molar refractivity (Wildman–Crippen MR) is 68.3 cm³/mol. The lowest BCUT2D eigenvalue weighted by Crippen LogP contribution is -2.51. The van der Waals surface area contributed by atoms with E-state index < -0.39 is 0 Å². The summed E-state index contributed by atoms with van der Waals surface area (Å²) in [6, 6.07) is 8.30. The van der Waals surface area contributed by atoms with Crippen LogP contribution in [0, 0.1) is 0 Å². The van der Waals surface area contributed by atoms with Crippen molar-refractivity contribution in [3.63, 3.8) is 0 Å². The fraction of sp³-hybridized carbons (Fsp3) is 0.500. The number of hydrogen-bond donors (Lipinski definition) is 2. The van der Waals surface area contributed by atoms with E-state index in [4.69, 9.17) is 4.74 Å². The van der Waals surface area contributed by atoms with Crippen LogP contribution in [0.5, 0.6) is 0 Å². The molecular formula is C14H18N2O2. The van der Waals surface area contributed by atoms with Crippen LogP contribution in [-0.4, -0.2) is 31.7 Å². The molecule has 1 aromatic carbocycles. The van der Waals surface area contributed by atoms with E-state index in [9.17, 15) is 4.79 Å². The zero-order valence-corrected chi connectivity index (χ0v) is 10.3. The second-order valence-electron chi connectivity index (χ2n) is 4.88. The van der Waals surface area contributed by atoms with Crippen molar-refractivity contribution >= 4 is 5.91 Å². The number of ether oxygens (including phenoxy) is 1. The van der Waals surface area contributed by atoms with Crippen LogP contribution in [-0.2, 0) is 16.0 Å². The van der Waals surface area contributed by atoms with Crippen LogP contribution in [0.4, 0.5) is 0 Å². The second-order valence-corrected chi connectivity index (χ2v) is 4.88. The summed E-state index contributed by atoms with van der Waals surface area (Å²) in [5.41, 5.74) is 2.62. The Kier molecular flexibility index (Phi) is 3.30. The van der Waals surface area contributed by atoms with Crippen molar-refractivity contribution in [3.8, 4) is 0 Å². The van der Waals surface area contributed by atoms with Gasteiger partial charge in [0.25, 0.3) is 0 Å². The molecule has 0 radical (unpaired) electrons. The van der Waals surface area contributed by atoms with Crippen molar-refractivity contribution < 1.29 is 9.53 Å². The average molecular weight is 246 g/mol. The summed E-state index contributed by atoms with van der Waals surface area (Å²) >= 11 is 0. The third-order valence-corrected chi connectivity index (χ3v) is 3.69. The Bertz CT molecular complexity index is 441. The zero-order valence-electron chi connectivity index (χ0n) is 10.3. The zero-order chi connectivity index (χ0) is 12.4. The fourth-order valence-electron chi connectivity index (χ4n) is 2.71. The molecule has 1 fully saturated rings. The quantitative estimate of drug-likeness (QED) is 0.810. The number of amides is 1. The van der Waals surface area contributed by atoms with Gasteiger partial charge in [0.1, 0.15) is 6.04 Å². The van der Waals surface area contributed by atoms with Gasteiger partial charge in [-0.2, -0.15) is 0 Å². The van der Waals surface area contributed by atoms with Crippen LogP contribution >= 0.6 is 0 Å². The number of carbonyl (C=O) groups is 1. The number of hydrogen-bond acceptors (Lipinski definition) is 3. The number of carbonyl (C=O) groups excluding carboxylic acids is 1. The Hall–Kier alpha value is -1.39. The molecule has 0 saturated carbocycles. The first-order valence-electron chi connectivity index (χ1n) is 6.54. The molecule has 4 nitrogen and oxygen atoms in total. The van der Waals surface area contributed by atoms with Gasteiger partial charge in [0.2, 0.25) is 5.91 Å². The van der Waals surface area contributed by atoms with Gasteiger partial charge in [0.15, 0.2) is 0 Å². The smallest absolute Gasteiger partial charge is 0.240 e. The van der Waals surface area contributed by atoms with Crippen LogP contribution in [0.1, 0.15) is 23.6 Å². The van der Waals surface area contributed by atoms with E-state index in [0.717, 1.165) is 19.4 Å². The van der Waals surface area contributed by atoms with Crippen molar-refractivity contribution in [2.24, 2.45) is 0 Å². The highest BCUT2D eigenvalue weighted by molar-refractivity contribution is 5.82. The summed E-state index contributed by atoms with van der Waals surface area (Å²) in [4.78, 5) is 12.1. The summed E-state index contributed by atoms with van der Waals surface area (Å²) in [5, 5.41) is 6.30. The number of rotatable bonds is 2. The normalized spacial score (nSPS) is 26.7. The first kappa shape index (κ1) is 11.7. The molecule has 18 heavy (non-hydrogen) atoms. The SMILES string of the molecule is O=C(NC1CCc2ccccc21)C1COCCN1. The molecular weight excluding hydrogens is 228 g/mol. The standard InChI is InChI=1S/C14H18N2O2/c17-14(13-9-18-8-7-15-13)16-12-6-5-10-3-1-2-4-11(10)12/h1-4,12-13,15H,5-9H2,(H,16,17). The Morgan fingerprint density at radius 1 is 1.39 bits per heavy atom. The maximum atomic E-state index is 12.1. The second kappa shape index (κ2) is 5.08. The van der Waals surface area contributed by atoms with Gasteiger partial charge in [-0.1, -0.05) is 24.3 Å². The molecule has 2 atom stereocenters. The molecule has 96 valence electrons. The highest BCUT2D eigenvalue weighted by atomic mass is 16.5. The Labute approximate surface area is 107 Å². The van der Waals surface area contributed by atoms with E-state index in [-0.39, 0.29) is 18.0 Å². The van der Waals surface area contributed by atoms with Crippen LogP contribution in [0.15, 0.2) is 24.3 Å². The van der Waals surface area contributed by atoms with Crippen molar-refractivity contribution in [2.45, 2.75) is 24.9 Å². The van der Waals surface area contributed by atoms with E-state index in [1.807, 2.05) is 6.07 Å². The fourth-order valence-corrected chi connectivity index (χ4v) is 2.71.